The second kappa shape index (κ2) is 8.83. The Morgan fingerprint density at radius 1 is 0.758 bits per heavy atom. The van der Waals surface area contributed by atoms with Gasteiger partial charge in [0.05, 0.1) is 5.56 Å². The van der Waals surface area contributed by atoms with E-state index in [4.69, 9.17) is 4.74 Å². The summed E-state index contributed by atoms with van der Waals surface area (Å²) in [5.74, 6) is 0.809. The first-order valence-corrected chi connectivity index (χ1v) is 11.1. The standard InChI is InChI=1S/C29H26N2O2/c1-29(24-16-18-25(19-17-24)33-21-23-12-6-3-7-13-23)30-27-15-9-8-14-26(27)28(32)31(29)20-22-10-4-2-5-11-22/h2-19,30H,20-21H2,1H3. The quantitative estimate of drug-likeness (QED) is 0.392. The van der Waals surface area contributed by atoms with Gasteiger partial charge in [0.25, 0.3) is 5.91 Å². The molecule has 33 heavy (non-hydrogen) atoms. The third-order valence-electron chi connectivity index (χ3n) is 6.17. The molecular formula is C29H26N2O2. The molecular weight excluding hydrogens is 408 g/mol. The zero-order chi connectivity index (χ0) is 22.7. The van der Waals surface area contributed by atoms with E-state index in [9.17, 15) is 4.79 Å². The molecule has 164 valence electrons. The fraction of sp³-hybridized carbons (Fsp3) is 0.138. The summed E-state index contributed by atoms with van der Waals surface area (Å²) in [6.45, 7) is 3.08. The second-order valence-electron chi connectivity index (χ2n) is 8.42. The molecule has 4 aromatic carbocycles. The topological polar surface area (TPSA) is 41.6 Å². The lowest BCUT2D eigenvalue weighted by Crippen LogP contribution is -2.55. The molecule has 5 rings (SSSR count). The number of fused-ring (bicyclic) bond motifs is 1. The van der Waals surface area contributed by atoms with Gasteiger partial charge >= 0.3 is 0 Å². The van der Waals surface area contributed by atoms with E-state index in [1.165, 1.54) is 0 Å². The van der Waals surface area contributed by atoms with Crippen molar-refractivity contribution < 1.29 is 9.53 Å². The van der Waals surface area contributed by atoms with Gasteiger partial charge in [-0.1, -0.05) is 84.9 Å². The Hall–Kier alpha value is -4.05. The molecule has 4 heteroatoms. The van der Waals surface area contributed by atoms with E-state index in [0.29, 0.717) is 18.7 Å². The molecule has 0 saturated heterocycles. The Morgan fingerprint density at radius 2 is 1.36 bits per heavy atom. The van der Waals surface area contributed by atoms with Crippen LogP contribution in [0.2, 0.25) is 0 Å². The molecule has 1 unspecified atom stereocenters. The van der Waals surface area contributed by atoms with E-state index < -0.39 is 5.66 Å². The van der Waals surface area contributed by atoms with Crippen LogP contribution < -0.4 is 10.1 Å². The maximum atomic E-state index is 13.6. The predicted molar refractivity (Wildman–Crippen MR) is 131 cm³/mol. The average Bonchev–Trinajstić information content (AvgIpc) is 2.87. The van der Waals surface area contributed by atoms with Crippen molar-refractivity contribution in [2.24, 2.45) is 0 Å². The molecule has 1 N–H and O–H groups in total. The number of amides is 1. The Morgan fingerprint density at radius 3 is 2.06 bits per heavy atom. The number of nitrogens with one attached hydrogen (secondary N) is 1. The molecule has 1 aliphatic heterocycles. The smallest absolute Gasteiger partial charge is 0.258 e. The van der Waals surface area contributed by atoms with E-state index >= 15 is 0 Å². The molecule has 4 aromatic rings. The lowest BCUT2D eigenvalue weighted by atomic mass is 9.93. The second-order valence-corrected chi connectivity index (χ2v) is 8.42. The van der Waals surface area contributed by atoms with E-state index in [1.54, 1.807) is 0 Å². The van der Waals surface area contributed by atoms with Crippen molar-refractivity contribution in [2.75, 3.05) is 5.32 Å². The van der Waals surface area contributed by atoms with Gasteiger partial charge < -0.3 is 15.0 Å². The normalized spacial score (nSPS) is 17.2. The first-order valence-electron chi connectivity index (χ1n) is 11.1. The van der Waals surface area contributed by atoms with Gasteiger partial charge in [-0.25, -0.2) is 0 Å². The summed E-state index contributed by atoms with van der Waals surface area (Å²) in [6.07, 6.45) is 0. The maximum absolute atomic E-state index is 13.6. The Kier molecular flexibility index (Phi) is 5.57. The van der Waals surface area contributed by atoms with Crippen molar-refractivity contribution in [3.63, 3.8) is 0 Å². The molecule has 0 aromatic heterocycles. The lowest BCUT2D eigenvalue weighted by Gasteiger charge is -2.47. The number of rotatable bonds is 6. The summed E-state index contributed by atoms with van der Waals surface area (Å²) in [4.78, 5) is 15.5. The Bertz CT molecular complexity index is 1240. The fourth-order valence-electron chi connectivity index (χ4n) is 4.30. The lowest BCUT2D eigenvalue weighted by molar-refractivity contribution is 0.0509. The highest BCUT2D eigenvalue weighted by Gasteiger charge is 2.42. The first kappa shape index (κ1) is 20.8. The minimum atomic E-state index is -0.709. The summed E-state index contributed by atoms with van der Waals surface area (Å²) in [7, 11) is 0. The minimum absolute atomic E-state index is 0.0140. The minimum Gasteiger partial charge on any atom is -0.489 e. The average molecular weight is 435 g/mol. The van der Waals surface area contributed by atoms with Crippen molar-refractivity contribution >= 4 is 11.6 Å². The zero-order valence-corrected chi connectivity index (χ0v) is 18.6. The van der Waals surface area contributed by atoms with Crippen LogP contribution in [0.25, 0.3) is 0 Å². The van der Waals surface area contributed by atoms with Crippen LogP contribution in [-0.2, 0) is 18.8 Å². The molecule has 0 bridgehead atoms. The number of benzene rings is 4. The van der Waals surface area contributed by atoms with Crippen LogP contribution in [0.3, 0.4) is 0 Å². The molecule has 0 radical (unpaired) electrons. The summed E-state index contributed by atoms with van der Waals surface area (Å²) < 4.78 is 5.97. The summed E-state index contributed by atoms with van der Waals surface area (Å²) in [6, 6.07) is 35.9. The number of carbonyl (C=O) groups is 1. The van der Waals surface area contributed by atoms with Gasteiger partial charge in [-0.05, 0) is 47.9 Å². The largest absolute Gasteiger partial charge is 0.489 e. The van der Waals surface area contributed by atoms with Crippen LogP contribution in [0.5, 0.6) is 5.75 Å². The number of hydrogen-bond donors (Lipinski definition) is 1. The van der Waals surface area contributed by atoms with E-state index in [2.05, 4.69) is 24.4 Å². The molecule has 0 saturated carbocycles. The van der Waals surface area contributed by atoms with Crippen LogP contribution in [0, 0.1) is 0 Å². The number of hydrogen-bond acceptors (Lipinski definition) is 3. The van der Waals surface area contributed by atoms with Crippen LogP contribution in [0.1, 0.15) is 34.0 Å². The number of carbonyl (C=O) groups excluding carboxylic acids is 1. The van der Waals surface area contributed by atoms with Crippen molar-refractivity contribution in [3.05, 3.63) is 131 Å². The maximum Gasteiger partial charge on any atom is 0.258 e. The molecule has 1 atom stereocenters. The number of anilines is 1. The first-order chi connectivity index (χ1) is 16.1. The highest BCUT2D eigenvalue weighted by Crippen LogP contribution is 2.39. The molecule has 0 spiro atoms. The molecule has 0 aliphatic carbocycles. The van der Waals surface area contributed by atoms with Crippen molar-refractivity contribution in [3.8, 4) is 5.75 Å². The Balaban J connectivity index is 1.45. The van der Waals surface area contributed by atoms with Crippen molar-refractivity contribution in [2.45, 2.75) is 25.7 Å². The van der Waals surface area contributed by atoms with Gasteiger partial charge in [0.15, 0.2) is 0 Å². The highest BCUT2D eigenvalue weighted by molar-refractivity contribution is 6.02. The molecule has 4 nitrogen and oxygen atoms in total. The number of nitrogens with zero attached hydrogens (tertiary/aromatic N) is 1. The van der Waals surface area contributed by atoms with E-state index in [-0.39, 0.29) is 5.91 Å². The molecule has 1 amide bonds. The molecule has 1 aliphatic rings. The van der Waals surface area contributed by atoms with Gasteiger partial charge in [0, 0.05) is 12.2 Å². The summed E-state index contributed by atoms with van der Waals surface area (Å²) in [5.41, 5.74) is 4.03. The fourth-order valence-corrected chi connectivity index (χ4v) is 4.30. The van der Waals surface area contributed by atoms with Crippen LogP contribution in [-0.4, -0.2) is 10.8 Å². The number of para-hydroxylation sites is 1. The van der Waals surface area contributed by atoms with Crippen LogP contribution in [0.4, 0.5) is 5.69 Å². The number of ether oxygens (including phenoxy) is 1. The van der Waals surface area contributed by atoms with Gasteiger partial charge in [0.2, 0.25) is 0 Å². The van der Waals surface area contributed by atoms with Crippen molar-refractivity contribution in [1.82, 2.24) is 4.90 Å². The SMILES string of the molecule is CC1(c2ccc(OCc3ccccc3)cc2)Nc2ccccc2C(=O)N1Cc1ccccc1. The predicted octanol–water partition coefficient (Wildman–Crippen LogP) is 6.21. The summed E-state index contributed by atoms with van der Waals surface area (Å²) >= 11 is 0. The van der Waals surface area contributed by atoms with E-state index in [0.717, 1.165) is 28.1 Å². The highest BCUT2D eigenvalue weighted by atomic mass is 16.5. The van der Waals surface area contributed by atoms with Gasteiger partial charge in [-0.2, -0.15) is 0 Å². The third kappa shape index (κ3) is 4.20. The van der Waals surface area contributed by atoms with Gasteiger partial charge in [0.1, 0.15) is 18.0 Å². The van der Waals surface area contributed by atoms with Crippen molar-refractivity contribution in [1.29, 1.82) is 0 Å². The monoisotopic (exact) mass is 434 g/mol. The zero-order valence-electron chi connectivity index (χ0n) is 18.6. The van der Waals surface area contributed by atoms with Crippen LogP contribution >= 0.6 is 0 Å². The van der Waals surface area contributed by atoms with E-state index in [1.807, 2.05) is 102 Å². The van der Waals surface area contributed by atoms with Crippen LogP contribution in [0.15, 0.2) is 109 Å². The van der Waals surface area contributed by atoms with Gasteiger partial charge in [-0.15, -0.1) is 0 Å². The third-order valence-corrected chi connectivity index (χ3v) is 6.17. The Labute approximate surface area is 194 Å². The molecule has 1 heterocycles. The summed E-state index contributed by atoms with van der Waals surface area (Å²) in [5, 5.41) is 3.63. The molecule has 0 fully saturated rings. The van der Waals surface area contributed by atoms with Gasteiger partial charge in [-0.3, -0.25) is 4.79 Å².